The largest absolute Gasteiger partial charge is 0.329 e. The summed E-state index contributed by atoms with van der Waals surface area (Å²) >= 11 is 0. The number of rotatable bonds is 7. The summed E-state index contributed by atoms with van der Waals surface area (Å²) in [5, 5.41) is 7.45. The van der Waals surface area contributed by atoms with Crippen molar-refractivity contribution in [2.75, 3.05) is 5.32 Å². The van der Waals surface area contributed by atoms with E-state index in [0.29, 0.717) is 6.54 Å². The average molecular weight is 420 g/mol. The van der Waals surface area contributed by atoms with Crippen LogP contribution < -0.4 is 16.1 Å². The Morgan fingerprint density at radius 1 is 1.10 bits per heavy atom. The Labute approximate surface area is 166 Å². The molecule has 0 aliphatic carbocycles. The number of sulfonamides is 1. The molecule has 0 fully saturated rings. The normalized spacial score (nSPS) is 11.7. The van der Waals surface area contributed by atoms with Crippen LogP contribution in [0, 0.1) is 5.82 Å². The smallest absolute Gasteiger partial charge is 0.326 e. The van der Waals surface area contributed by atoms with Gasteiger partial charge < -0.3 is 5.32 Å². The predicted octanol–water partition coefficient (Wildman–Crippen LogP) is 2.03. The monoisotopic (exact) mass is 420 g/mol. The Morgan fingerprint density at radius 3 is 2.31 bits per heavy atom. The van der Waals surface area contributed by atoms with Crippen LogP contribution in [0.15, 0.2) is 52.2 Å². The second kappa shape index (κ2) is 8.18. The molecule has 29 heavy (non-hydrogen) atoms. The number of hydrogen-bond donors (Lipinski definition) is 2. The molecule has 3 rings (SSSR count). The Kier molecular flexibility index (Phi) is 5.85. The number of nitrogens with two attached hydrogens (primary N) is 1. The van der Waals surface area contributed by atoms with Crippen molar-refractivity contribution in [3.63, 3.8) is 0 Å². The van der Waals surface area contributed by atoms with Crippen LogP contribution in [0.5, 0.6) is 0 Å². The van der Waals surface area contributed by atoms with Gasteiger partial charge >= 0.3 is 5.69 Å². The highest BCUT2D eigenvalue weighted by Crippen LogP contribution is 2.18. The molecule has 154 valence electrons. The quantitative estimate of drug-likeness (QED) is 0.608. The number of aryl methyl sites for hydroxylation is 2. The number of hydrogen-bond acceptors (Lipinski definition) is 4. The molecule has 0 saturated carbocycles. The van der Waals surface area contributed by atoms with Gasteiger partial charge in [0.2, 0.25) is 15.9 Å². The maximum absolute atomic E-state index is 13.6. The number of benzene rings is 2. The highest BCUT2D eigenvalue weighted by molar-refractivity contribution is 7.89. The van der Waals surface area contributed by atoms with Crippen molar-refractivity contribution < 1.29 is 17.6 Å². The minimum Gasteiger partial charge on any atom is -0.326 e. The summed E-state index contributed by atoms with van der Waals surface area (Å²) in [5.74, 6) is -1.33. The van der Waals surface area contributed by atoms with Crippen LogP contribution in [-0.4, -0.2) is 23.5 Å². The van der Waals surface area contributed by atoms with Gasteiger partial charge in [-0.05, 0) is 36.8 Å². The molecule has 1 heterocycles. The fraction of sp³-hybridized carbons (Fsp3) is 0.263. The molecule has 8 nitrogen and oxygen atoms in total. The number of nitrogens with one attached hydrogen (secondary N) is 1. The molecule has 1 amide bonds. The number of amides is 1. The zero-order valence-corrected chi connectivity index (χ0v) is 16.6. The molecule has 10 heteroatoms. The number of para-hydroxylation sites is 2. The summed E-state index contributed by atoms with van der Waals surface area (Å²) in [6, 6.07) is 10.2. The second-order valence-electron chi connectivity index (χ2n) is 6.59. The number of halogens is 1. The van der Waals surface area contributed by atoms with Crippen LogP contribution in [0.1, 0.15) is 19.8 Å². The Balaban J connectivity index is 1.80. The number of nitrogens with zero attached hydrogens (tertiary/aromatic N) is 2. The number of anilines is 1. The summed E-state index contributed by atoms with van der Waals surface area (Å²) in [5.41, 5.74) is 1.28. The van der Waals surface area contributed by atoms with Gasteiger partial charge in [-0.3, -0.25) is 13.9 Å². The van der Waals surface area contributed by atoms with Crippen LogP contribution in [-0.2, 0) is 27.9 Å². The summed E-state index contributed by atoms with van der Waals surface area (Å²) < 4.78 is 39.6. The second-order valence-corrected chi connectivity index (χ2v) is 8.15. The number of imidazole rings is 1. The number of primary sulfonamides is 1. The van der Waals surface area contributed by atoms with E-state index in [4.69, 9.17) is 5.14 Å². The van der Waals surface area contributed by atoms with E-state index < -0.39 is 26.6 Å². The van der Waals surface area contributed by atoms with Gasteiger partial charge in [0.05, 0.1) is 15.9 Å². The molecule has 2 aromatic carbocycles. The third-order valence-corrected chi connectivity index (χ3v) is 5.31. The average Bonchev–Trinajstić information content (AvgIpc) is 2.91. The molecule has 0 unspecified atom stereocenters. The van der Waals surface area contributed by atoms with Gasteiger partial charge in [-0.2, -0.15) is 0 Å². The molecule has 1 aromatic heterocycles. The summed E-state index contributed by atoms with van der Waals surface area (Å²) in [6.45, 7) is 2.66. The zero-order chi connectivity index (χ0) is 21.2. The van der Waals surface area contributed by atoms with E-state index in [0.717, 1.165) is 35.7 Å². The Bertz CT molecular complexity index is 1230. The first-order valence-corrected chi connectivity index (χ1v) is 10.6. The minimum atomic E-state index is -4.11. The van der Waals surface area contributed by atoms with Crippen molar-refractivity contribution >= 4 is 32.7 Å². The Hall–Kier alpha value is -2.98. The third-order valence-electron chi connectivity index (χ3n) is 4.42. The molecule has 3 aromatic rings. The van der Waals surface area contributed by atoms with E-state index in [2.05, 4.69) is 5.32 Å². The van der Waals surface area contributed by atoms with Crippen molar-refractivity contribution in [1.29, 1.82) is 0 Å². The lowest BCUT2D eigenvalue weighted by molar-refractivity contribution is -0.116. The van der Waals surface area contributed by atoms with Crippen molar-refractivity contribution in [3.05, 3.63) is 58.8 Å². The Morgan fingerprint density at radius 2 is 1.72 bits per heavy atom. The fourth-order valence-corrected chi connectivity index (χ4v) is 3.73. The highest BCUT2D eigenvalue weighted by atomic mass is 32.2. The lowest BCUT2D eigenvalue weighted by Crippen LogP contribution is -2.26. The lowest BCUT2D eigenvalue weighted by atomic mass is 10.3. The van der Waals surface area contributed by atoms with Crippen LogP contribution in [0.3, 0.4) is 0 Å². The van der Waals surface area contributed by atoms with Gasteiger partial charge in [0.1, 0.15) is 5.82 Å². The molecule has 0 aliphatic heterocycles. The molecule has 0 aliphatic rings. The fourth-order valence-electron chi connectivity index (χ4n) is 3.16. The van der Waals surface area contributed by atoms with Gasteiger partial charge in [-0.25, -0.2) is 22.7 Å². The van der Waals surface area contributed by atoms with Crippen molar-refractivity contribution in [1.82, 2.24) is 9.13 Å². The van der Waals surface area contributed by atoms with Crippen LogP contribution >= 0.6 is 0 Å². The zero-order valence-electron chi connectivity index (χ0n) is 15.8. The summed E-state index contributed by atoms with van der Waals surface area (Å²) in [7, 11) is -4.11. The molecule has 0 bridgehead atoms. The van der Waals surface area contributed by atoms with Crippen molar-refractivity contribution in [2.24, 2.45) is 5.14 Å². The number of carbonyl (C=O) groups excluding carboxylic acids is 1. The molecule has 0 atom stereocenters. The van der Waals surface area contributed by atoms with E-state index in [1.807, 2.05) is 31.2 Å². The van der Waals surface area contributed by atoms with E-state index in [-0.39, 0.29) is 24.3 Å². The highest BCUT2D eigenvalue weighted by Gasteiger charge is 2.15. The molecule has 0 radical (unpaired) electrons. The first-order valence-electron chi connectivity index (χ1n) is 9.02. The summed E-state index contributed by atoms with van der Waals surface area (Å²) in [4.78, 5) is 24.6. The maximum Gasteiger partial charge on any atom is 0.329 e. The first-order chi connectivity index (χ1) is 13.7. The maximum atomic E-state index is 13.6. The third kappa shape index (κ3) is 4.54. The van der Waals surface area contributed by atoms with Crippen molar-refractivity contribution in [2.45, 2.75) is 37.8 Å². The van der Waals surface area contributed by atoms with E-state index >= 15 is 0 Å². The number of fused-ring (bicyclic) bond motifs is 1. The number of carbonyl (C=O) groups is 1. The van der Waals surface area contributed by atoms with Crippen LogP contribution in [0.4, 0.5) is 10.1 Å². The first kappa shape index (κ1) is 20.7. The van der Waals surface area contributed by atoms with Gasteiger partial charge in [-0.1, -0.05) is 19.1 Å². The van der Waals surface area contributed by atoms with Crippen molar-refractivity contribution in [3.8, 4) is 0 Å². The van der Waals surface area contributed by atoms with Crippen LogP contribution in [0.2, 0.25) is 0 Å². The predicted molar refractivity (Wildman–Crippen MR) is 108 cm³/mol. The minimum absolute atomic E-state index is 0.0280. The lowest BCUT2D eigenvalue weighted by Gasteiger charge is -2.08. The van der Waals surface area contributed by atoms with Gasteiger partial charge in [-0.15, -0.1) is 0 Å². The van der Waals surface area contributed by atoms with E-state index in [1.165, 1.54) is 4.57 Å². The molecular formula is C19H21FN4O4S. The molecule has 0 saturated heterocycles. The molecule has 0 spiro atoms. The van der Waals surface area contributed by atoms with Gasteiger partial charge in [0.15, 0.2) is 0 Å². The SMILES string of the molecule is CCCn1c(=O)n(CCC(=O)Nc2cc(F)cc(S(N)(=O)=O)c2)c2ccccc21. The molecular weight excluding hydrogens is 399 g/mol. The molecule has 3 N–H and O–H groups in total. The topological polar surface area (TPSA) is 116 Å². The van der Waals surface area contributed by atoms with Gasteiger partial charge in [0, 0.05) is 25.2 Å². The van der Waals surface area contributed by atoms with Gasteiger partial charge in [0.25, 0.3) is 0 Å². The van der Waals surface area contributed by atoms with E-state index in [9.17, 15) is 22.4 Å². The van der Waals surface area contributed by atoms with E-state index in [1.54, 1.807) is 4.57 Å². The summed E-state index contributed by atoms with van der Waals surface area (Å²) in [6.07, 6.45) is 0.738. The van der Waals surface area contributed by atoms with Crippen LogP contribution in [0.25, 0.3) is 11.0 Å². The number of aromatic nitrogens is 2. The standard InChI is InChI=1S/C19H21FN4O4S/c1-2-8-23-16-5-3-4-6-17(16)24(19(23)26)9-7-18(25)22-14-10-13(20)11-15(12-14)29(21,27)28/h3-6,10-12H,2,7-9H2,1H3,(H,22,25)(H2,21,27,28).